The minimum atomic E-state index is -4.46. The minimum Gasteiger partial charge on any atom is -0.495 e. The molecule has 2 saturated heterocycles. The highest BCUT2D eigenvalue weighted by molar-refractivity contribution is 5.96. The number of halogens is 4. The van der Waals surface area contributed by atoms with Crippen molar-refractivity contribution in [2.45, 2.75) is 50.2 Å². The molecular weight excluding hydrogens is 578 g/mol. The number of likely N-dealkylation sites (tertiary alicyclic amines) is 1. The number of hydrogen-bond donors (Lipinski definition) is 3. The van der Waals surface area contributed by atoms with Gasteiger partial charge in [0.05, 0.1) is 36.6 Å². The fourth-order valence-electron chi connectivity index (χ4n) is 5.65. The van der Waals surface area contributed by atoms with E-state index in [0.717, 1.165) is 24.0 Å². The summed E-state index contributed by atoms with van der Waals surface area (Å²) in [5.74, 6) is 6.03. The van der Waals surface area contributed by atoms with Crippen LogP contribution in [0, 0.1) is 11.8 Å². The highest BCUT2D eigenvalue weighted by atomic mass is 19.4. The molecule has 5 rings (SSSR count). The molecule has 2 aliphatic heterocycles. The monoisotopic (exact) mass is 615 g/mol. The zero-order valence-electron chi connectivity index (χ0n) is 24.8. The van der Waals surface area contributed by atoms with E-state index in [0.29, 0.717) is 59.8 Å². The molecule has 8 nitrogen and oxygen atoms in total. The predicted molar refractivity (Wildman–Crippen MR) is 162 cm³/mol. The summed E-state index contributed by atoms with van der Waals surface area (Å²) in [6, 6.07) is 11.3. The Labute approximate surface area is 254 Å². The van der Waals surface area contributed by atoms with Crippen LogP contribution in [0.3, 0.4) is 0 Å². The zero-order chi connectivity index (χ0) is 31.3. The molecule has 44 heavy (non-hydrogen) atoms. The number of nitrogens with zero attached hydrogens (tertiary/aromatic N) is 2. The van der Waals surface area contributed by atoms with E-state index in [-0.39, 0.29) is 24.2 Å². The summed E-state index contributed by atoms with van der Waals surface area (Å²) in [4.78, 5) is 14.6. The number of alkyl halides is 4. The number of benzene rings is 2. The summed E-state index contributed by atoms with van der Waals surface area (Å²) in [6.45, 7) is 1.16. The molecule has 2 aromatic carbocycles. The van der Waals surface area contributed by atoms with Gasteiger partial charge in [-0.05, 0) is 68.6 Å². The number of ether oxygens (including phenoxy) is 2. The molecule has 1 aromatic heterocycles. The summed E-state index contributed by atoms with van der Waals surface area (Å²) < 4.78 is 67.5. The van der Waals surface area contributed by atoms with Gasteiger partial charge in [0, 0.05) is 49.0 Å². The van der Waals surface area contributed by atoms with Gasteiger partial charge in [-0.25, -0.2) is 4.39 Å². The normalized spacial score (nSPS) is 19.7. The smallest absolute Gasteiger partial charge is 0.406 e. The number of carbonyl (C=O) groups excluding carboxylic acids is 1. The van der Waals surface area contributed by atoms with Gasteiger partial charge in [0.15, 0.2) is 0 Å². The molecule has 236 valence electrons. The molecule has 3 N–H and O–H groups in total. The highest BCUT2D eigenvalue weighted by Crippen LogP contribution is 2.32. The van der Waals surface area contributed by atoms with Crippen LogP contribution in [0.25, 0.3) is 10.9 Å². The van der Waals surface area contributed by atoms with Gasteiger partial charge in [0.1, 0.15) is 18.5 Å². The number of amides is 1. The number of methoxy groups -OCH3 is 1. The van der Waals surface area contributed by atoms with Crippen molar-refractivity contribution in [1.29, 1.82) is 0 Å². The summed E-state index contributed by atoms with van der Waals surface area (Å²) in [5, 5.41) is 9.92. The first kappa shape index (κ1) is 31.5. The van der Waals surface area contributed by atoms with Gasteiger partial charge in [-0.1, -0.05) is 12.0 Å². The summed E-state index contributed by atoms with van der Waals surface area (Å²) in [5.41, 5.74) is 2.17. The molecular formula is C32H37F4N5O3. The molecule has 0 aliphatic carbocycles. The van der Waals surface area contributed by atoms with Crippen molar-refractivity contribution in [3.8, 4) is 17.6 Å². The van der Waals surface area contributed by atoms with Crippen molar-refractivity contribution < 1.29 is 31.8 Å². The topological polar surface area (TPSA) is 79.8 Å². The standard InChI is InChI=1S/C32H37F4N5O3/c1-40-14-10-27(25(33)19-40)39-26-6-3-7-29-24(26)18-23(41(29)20-32(34,35)36)5-4-13-37-28-9-8-21(17-30(28)43-2)31(42)38-22-11-15-44-16-12-22/h3,6-9,17-18,22,25,27,37,39H,10-16,19-20H2,1-2H3,(H,38,42). The van der Waals surface area contributed by atoms with Gasteiger partial charge >= 0.3 is 6.18 Å². The lowest BCUT2D eigenvalue weighted by atomic mass is 10.0. The Balaban J connectivity index is 1.32. The minimum absolute atomic E-state index is 0.0602. The van der Waals surface area contributed by atoms with Gasteiger partial charge in [-0.2, -0.15) is 13.2 Å². The van der Waals surface area contributed by atoms with E-state index in [9.17, 15) is 22.4 Å². The van der Waals surface area contributed by atoms with Gasteiger partial charge in [0.2, 0.25) is 0 Å². The van der Waals surface area contributed by atoms with E-state index in [1.165, 1.54) is 7.11 Å². The summed E-state index contributed by atoms with van der Waals surface area (Å²) >= 11 is 0. The van der Waals surface area contributed by atoms with Crippen molar-refractivity contribution in [1.82, 2.24) is 14.8 Å². The lowest BCUT2D eigenvalue weighted by Crippen LogP contribution is -2.46. The second-order valence-corrected chi connectivity index (χ2v) is 11.2. The Morgan fingerprint density at radius 2 is 1.91 bits per heavy atom. The predicted octanol–water partition coefficient (Wildman–Crippen LogP) is 5.04. The zero-order valence-corrected chi connectivity index (χ0v) is 24.8. The fourth-order valence-corrected chi connectivity index (χ4v) is 5.65. The number of aromatic nitrogens is 1. The number of rotatable bonds is 8. The van der Waals surface area contributed by atoms with Crippen LogP contribution in [-0.2, 0) is 11.3 Å². The maximum Gasteiger partial charge on any atom is 0.406 e. The highest BCUT2D eigenvalue weighted by Gasteiger charge is 2.31. The van der Waals surface area contributed by atoms with E-state index >= 15 is 0 Å². The second-order valence-electron chi connectivity index (χ2n) is 11.2. The van der Waals surface area contributed by atoms with Crippen molar-refractivity contribution in [3.05, 3.63) is 53.7 Å². The first-order chi connectivity index (χ1) is 21.1. The van der Waals surface area contributed by atoms with Gasteiger partial charge in [-0.3, -0.25) is 4.79 Å². The average molecular weight is 616 g/mol. The molecule has 0 radical (unpaired) electrons. The molecule has 3 heterocycles. The number of hydrogen-bond acceptors (Lipinski definition) is 6. The number of nitrogens with one attached hydrogen (secondary N) is 3. The fraction of sp³-hybridized carbons (Fsp3) is 0.469. The summed E-state index contributed by atoms with van der Waals surface area (Å²) in [6.07, 6.45) is -3.46. The van der Waals surface area contributed by atoms with Gasteiger partial charge in [0.25, 0.3) is 5.91 Å². The quantitative estimate of drug-likeness (QED) is 0.244. The largest absolute Gasteiger partial charge is 0.495 e. The van der Waals surface area contributed by atoms with Gasteiger partial charge < -0.3 is 34.9 Å². The molecule has 12 heteroatoms. The van der Waals surface area contributed by atoms with E-state index < -0.39 is 24.9 Å². The first-order valence-electron chi connectivity index (χ1n) is 14.7. The van der Waals surface area contributed by atoms with Crippen LogP contribution >= 0.6 is 0 Å². The second kappa shape index (κ2) is 13.8. The van der Waals surface area contributed by atoms with Crippen LogP contribution < -0.4 is 20.7 Å². The molecule has 3 aromatic rings. The third kappa shape index (κ3) is 7.76. The Hall–Kier alpha value is -3.95. The van der Waals surface area contributed by atoms with E-state index in [2.05, 4.69) is 27.8 Å². The Morgan fingerprint density at radius 3 is 2.64 bits per heavy atom. The Bertz CT molecular complexity index is 1520. The Morgan fingerprint density at radius 1 is 1.11 bits per heavy atom. The number of piperidine rings is 1. The van der Waals surface area contributed by atoms with E-state index in [1.54, 1.807) is 42.5 Å². The third-order valence-corrected chi connectivity index (χ3v) is 7.97. The third-order valence-electron chi connectivity index (χ3n) is 7.97. The molecule has 0 bridgehead atoms. The maximum atomic E-state index is 14.7. The van der Waals surface area contributed by atoms with Crippen molar-refractivity contribution in [2.75, 3.05) is 57.6 Å². The van der Waals surface area contributed by atoms with Crippen molar-refractivity contribution in [3.63, 3.8) is 0 Å². The Kier molecular flexibility index (Phi) is 9.86. The van der Waals surface area contributed by atoms with Crippen LogP contribution in [0.2, 0.25) is 0 Å². The van der Waals surface area contributed by atoms with Crippen LogP contribution in [-0.4, -0.2) is 86.8 Å². The number of fused-ring (bicyclic) bond motifs is 1. The van der Waals surface area contributed by atoms with E-state index in [1.807, 2.05) is 11.9 Å². The molecule has 2 atom stereocenters. The average Bonchev–Trinajstić information content (AvgIpc) is 3.33. The number of anilines is 2. The lowest BCUT2D eigenvalue weighted by molar-refractivity contribution is -0.140. The molecule has 1 amide bonds. The molecule has 2 fully saturated rings. The van der Waals surface area contributed by atoms with Crippen molar-refractivity contribution >= 4 is 28.2 Å². The molecule has 0 spiro atoms. The molecule has 0 saturated carbocycles. The maximum absolute atomic E-state index is 14.7. The van der Waals surface area contributed by atoms with Crippen LogP contribution in [0.5, 0.6) is 5.75 Å². The lowest BCUT2D eigenvalue weighted by Gasteiger charge is -2.33. The van der Waals surface area contributed by atoms with E-state index in [4.69, 9.17) is 9.47 Å². The first-order valence-corrected chi connectivity index (χ1v) is 14.7. The SMILES string of the molecule is COc1cc(C(=O)NC2CCOCC2)ccc1NCC#Cc1cc2c(NC3CCN(C)CC3F)cccc2n1CC(F)(F)F. The van der Waals surface area contributed by atoms with Crippen LogP contribution in [0.1, 0.15) is 35.3 Å². The van der Waals surface area contributed by atoms with Crippen LogP contribution in [0.15, 0.2) is 42.5 Å². The molecule has 2 aliphatic rings. The molecule has 2 unspecified atom stereocenters. The number of carbonyl (C=O) groups is 1. The van der Waals surface area contributed by atoms with Crippen LogP contribution in [0.4, 0.5) is 28.9 Å². The van der Waals surface area contributed by atoms with Gasteiger partial charge in [-0.15, -0.1) is 0 Å². The summed E-state index contributed by atoms with van der Waals surface area (Å²) in [7, 11) is 3.35. The van der Waals surface area contributed by atoms with Crippen molar-refractivity contribution in [2.24, 2.45) is 0 Å².